The van der Waals surface area contributed by atoms with Crippen molar-refractivity contribution in [2.45, 2.75) is 32.1 Å². The van der Waals surface area contributed by atoms with Crippen LogP contribution in [0.3, 0.4) is 0 Å². The molecule has 1 amide bonds. The van der Waals surface area contributed by atoms with Crippen LogP contribution in [0.2, 0.25) is 0 Å². The Balaban J connectivity index is 1.88. The summed E-state index contributed by atoms with van der Waals surface area (Å²) >= 11 is 0. The number of aldehydes is 1. The van der Waals surface area contributed by atoms with Crippen molar-refractivity contribution in [1.82, 2.24) is 0 Å². The van der Waals surface area contributed by atoms with Gasteiger partial charge in [0.2, 0.25) is 5.91 Å². The highest BCUT2D eigenvalue weighted by molar-refractivity contribution is 5.91. The summed E-state index contributed by atoms with van der Waals surface area (Å²) in [6, 6.07) is 17.9. The molecule has 0 aliphatic rings. The molecule has 2 aromatic carbocycles. The molecule has 0 bridgehead atoms. The Morgan fingerprint density at radius 2 is 1.68 bits per heavy atom. The smallest absolute Gasteiger partial charge is 0.224 e. The number of nitrogens with one attached hydrogen (secondary N) is 1. The first kappa shape index (κ1) is 16.0. The van der Waals surface area contributed by atoms with Gasteiger partial charge in [-0.1, -0.05) is 48.9 Å². The van der Waals surface area contributed by atoms with Gasteiger partial charge in [0, 0.05) is 18.5 Å². The van der Waals surface area contributed by atoms with Crippen molar-refractivity contribution in [2.75, 3.05) is 5.32 Å². The Morgan fingerprint density at radius 1 is 0.909 bits per heavy atom. The fraction of sp³-hybridized carbons (Fsp3) is 0.263. The molecule has 0 atom stereocenters. The van der Waals surface area contributed by atoms with Gasteiger partial charge in [0.15, 0.2) is 0 Å². The summed E-state index contributed by atoms with van der Waals surface area (Å²) in [4.78, 5) is 22.1. The van der Waals surface area contributed by atoms with Gasteiger partial charge in [-0.25, -0.2) is 0 Å². The molecule has 0 saturated carbocycles. The minimum absolute atomic E-state index is 0.0244. The van der Waals surface area contributed by atoms with Crippen LogP contribution >= 0.6 is 0 Å². The first-order valence-corrected chi connectivity index (χ1v) is 7.68. The van der Waals surface area contributed by atoms with E-state index in [1.807, 2.05) is 54.6 Å². The van der Waals surface area contributed by atoms with E-state index in [9.17, 15) is 9.59 Å². The lowest BCUT2D eigenvalue weighted by Gasteiger charge is -2.08. The summed E-state index contributed by atoms with van der Waals surface area (Å²) in [7, 11) is 0. The number of hydrogen-bond acceptors (Lipinski definition) is 2. The van der Waals surface area contributed by atoms with Gasteiger partial charge < -0.3 is 10.1 Å². The molecule has 0 aliphatic carbocycles. The molecular weight excluding hydrogens is 274 g/mol. The van der Waals surface area contributed by atoms with Crippen LogP contribution in [0.15, 0.2) is 54.6 Å². The van der Waals surface area contributed by atoms with Crippen molar-refractivity contribution in [3.63, 3.8) is 0 Å². The second-order valence-corrected chi connectivity index (χ2v) is 5.26. The average Bonchev–Trinajstić information content (AvgIpc) is 2.56. The molecule has 0 aliphatic heterocycles. The second-order valence-electron chi connectivity index (χ2n) is 5.26. The number of carbonyl (C=O) groups is 2. The molecule has 3 nitrogen and oxygen atoms in total. The Morgan fingerprint density at radius 3 is 2.45 bits per heavy atom. The zero-order chi connectivity index (χ0) is 15.6. The molecule has 3 heteroatoms. The number of hydrogen-bond donors (Lipinski definition) is 1. The minimum atomic E-state index is 0.0244. The molecule has 2 aromatic rings. The minimum Gasteiger partial charge on any atom is -0.326 e. The lowest BCUT2D eigenvalue weighted by atomic mass is 10.1. The van der Waals surface area contributed by atoms with Gasteiger partial charge in [-0.05, 0) is 36.1 Å². The van der Waals surface area contributed by atoms with Crippen molar-refractivity contribution >= 4 is 17.9 Å². The molecule has 0 saturated heterocycles. The van der Waals surface area contributed by atoms with Crippen LogP contribution in [0.4, 0.5) is 5.69 Å². The van der Waals surface area contributed by atoms with Crippen LogP contribution in [0.1, 0.15) is 32.1 Å². The monoisotopic (exact) mass is 295 g/mol. The topological polar surface area (TPSA) is 46.2 Å². The zero-order valence-electron chi connectivity index (χ0n) is 12.6. The fourth-order valence-electron chi connectivity index (χ4n) is 2.32. The SMILES string of the molecule is O=CCCCCCC(=O)Nc1cccc(-c2ccccc2)c1. The van der Waals surface area contributed by atoms with Crippen molar-refractivity contribution in [3.05, 3.63) is 54.6 Å². The number of rotatable bonds is 8. The van der Waals surface area contributed by atoms with Crippen LogP contribution in [0.5, 0.6) is 0 Å². The van der Waals surface area contributed by atoms with Crippen molar-refractivity contribution in [1.29, 1.82) is 0 Å². The van der Waals surface area contributed by atoms with Gasteiger partial charge in [0.25, 0.3) is 0 Å². The summed E-state index contributed by atoms with van der Waals surface area (Å²) in [6.07, 6.45) is 4.60. The molecule has 0 radical (unpaired) electrons. The van der Waals surface area contributed by atoms with E-state index in [2.05, 4.69) is 5.32 Å². The van der Waals surface area contributed by atoms with Crippen molar-refractivity contribution < 1.29 is 9.59 Å². The van der Waals surface area contributed by atoms with Crippen LogP contribution in [-0.4, -0.2) is 12.2 Å². The quantitative estimate of drug-likeness (QED) is 0.578. The van der Waals surface area contributed by atoms with E-state index in [0.29, 0.717) is 12.8 Å². The standard InChI is InChI=1S/C19H21NO2/c21-14-7-2-1-6-13-19(22)20-18-12-8-11-17(15-18)16-9-4-3-5-10-16/h3-5,8-12,14-15H,1-2,6-7,13H2,(H,20,22). The molecule has 0 unspecified atom stereocenters. The van der Waals surface area contributed by atoms with Gasteiger partial charge >= 0.3 is 0 Å². The molecule has 2 rings (SSSR count). The predicted octanol–water partition coefficient (Wildman–Crippen LogP) is 4.44. The molecule has 0 heterocycles. The maximum absolute atomic E-state index is 11.9. The molecule has 0 spiro atoms. The van der Waals surface area contributed by atoms with Gasteiger partial charge in [-0.15, -0.1) is 0 Å². The lowest BCUT2D eigenvalue weighted by molar-refractivity contribution is -0.116. The third-order valence-electron chi connectivity index (χ3n) is 3.48. The lowest BCUT2D eigenvalue weighted by Crippen LogP contribution is -2.11. The van der Waals surface area contributed by atoms with Crippen molar-refractivity contribution in [3.8, 4) is 11.1 Å². The van der Waals surface area contributed by atoms with E-state index in [1.54, 1.807) is 0 Å². The second kappa shape index (κ2) is 8.78. The van der Waals surface area contributed by atoms with Crippen LogP contribution in [0, 0.1) is 0 Å². The van der Waals surface area contributed by atoms with Gasteiger partial charge in [-0.3, -0.25) is 4.79 Å². The Bertz CT molecular complexity index is 608. The first-order chi connectivity index (χ1) is 10.8. The van der Waals surface area contributed by atoms with Gasteiger partial charge in [-0.2, -0.15) is 0 Å². The third kappa shape index (κ3) is 5.17. The highest BCUT2D eigenvalue weighted by Gasteiger charge is 2.04. The molecule has 0 fully saturated rings. The van der Waals surface area contributed by atoms with E-state index in [0.717, 1.165) is 42.4 Å². The highest BCUT2D eigenvalue weighted by atomic mass is 16.1. The van der Waals surface area contributed by atoms with Crippen molar-refractivity contribution in [2.24, 2.45) is 0 Å². The summed E-state index contributed by atoms with van der Waals surface area (Å²) in [5, 5.41) is 2.93. The van der Waals surface area contributed by atoms with E-state index in [4.69, 9.17) is 0 Å². The fourth-order valence-corrected chi connectivity index (χ4v) is 2.32. The molecule has 114 valence electrons. The number of carbonyl (C=O) groups excluding carboxylic acids is 2. The Hall–Kier alpha value is -2.42. The zero-order valence-corrected chi connectivity index (χ0v) is 12.6. The normalized spacial score (nSPS) is 10.2. The molecule has 1 N–H and O–H groups in total. The molecule has 0 aromatic heterocycles. The van der Waals surface area contributed by atoms with E-state index >= 15 is 0 Å². The predicted molar refractivity (Wildman–Crippen MR) is 89.7 cm³/mol. The van der Waals surface area contributed by atoms with E-state index in [-0.39, 0.29) is 5.91 Å². The third-order valence-corrected chi connectivity index (χ3v) is 3.48. The van der Waals surface area contributed by atoms with Gasteiger partial charge in [0.05, 0.1) is 0 Å². The van der Waals surface area contributed by atoms with E-state index < -0.39 is 0 Å². The maximum atomic E-state index is 11.9. The Kier molecular flexibility index (Phi) is 6.37. The van der Waals surface area contributed by atoms with Gasteiger partial charge in [0.1, 0.15) is 6.29 Å². The molecule has 22 heavy (non-hydrogen) atoms. The number of amides is 1. The number of unbranched alkanes of at least 4 members (excludes halogenated alkanes) is 3. The average molecular weight is 295 g/mol. The molecular formula is C19H21NO2. The maximum Gasteiger partial charge on any atom is 0.224 e. The number of anilines is 1. The summed E-state index contributed by atoms with van der Waals surface area (Å²) in [6.45, 7) is 0. The Labute approximate surface area is 131 Å². The largest absolute Gasteiger partial charge is 0.326 e. The summed E-state index contributed by atoms with van der Waals surface area (Å²) < 4.78 is 0. The number of benzene rings is 2. The van der Waals surface area contributed by atoms with E-state index in [1.165, 1.54) is 0 Å². The summed E-state index contributed by atoms with van der Waals surface area (Å²) in [5.74, 6) is 0.0244. The van der Waals surface area contributed by atoms with Crippen LogP contribution in [-0.2, 0) is 9.59 Å². The van der Waals surface area contributed by atoms with Crippen LogP contribution < -0.4 is 5.32 Å². The van der Waals surface area contributed by atoms with Crippen LogP contribution in [0.25, 0.3) is 11.1 Å². The first-order valence-electron chi connectivity index (χ1n) is 7.68. The highest BCUT2D eigenvalue weighted by Crippen LogP contribution is 2.22. The summed E-state index contributed by atoms with van der Waals surface area (Å²) in [5.41, 5.74) is 3.04.